The standard InChI is InChI=1S/C14H18F2N2O.ClH/c1-18(14(19)8-12-3-2-6-17-12)9-10-4-5-11(15)7-13(10)16;/h4-5,7,12,17H,2-3,6,8-9H2,1H3;1H. The predicted octanol–water partition coefficient (Wildman–Crippen LogP) is 2.49. The monoisotopic (exact) mass is 304 g/mol. The maximum absolute atomic E-state index is 13.5. The summed E-state index contributed by atoms with van der Waals surface area (Å²) in [6.07, 6.45) is 2.53. The molecule has 1 heterocycles. The van der Waals surface area contributed by atoms with Crippen LogP contribution in [0.5, 0.6) is 0 Å². The first kappa shape index (κ1) is 16.9. The number of nitrogens with zero attached hydrogens (tertiary/aromatic N) is 1. The highest BCUT2D eigenvalue weighted by Gasteiger charge is 2.20. The van der Waals surface area contributed by atoms with Gasteiger partial charge in [0.25, 0.3) is 0 Å². The second-order valence-corrected chi connectivity index (χ2v) is 4.98. The van der Waals surface area contributed by atoms with Crippen LogP contribution in [0.1, 0.15) is 24.8 Å². The van der Waals surface area contributed by atoms with Gasteiger partial charge in [-0.25, -0.2) is 8.78 Å². The molecule has 1 saturated heterocycles. The maximum atomic E-state index is 13.5. The average molecular weight is 305 g/mol. The summed E-state index contributed by atoms with van der Waals surface area (Å²) in [5.74, 6) is -1.24. The first-order chi connectivity index (χ1) is 9.06. The number of hydrogen-bond acceptors (Lipinski definition) is 2. The molecule has 3 nitrogen and oxygen atoms in total. The predicted molar refractivity (Wildman–Crippen MR) is 75.7 cm³/mol. The topological polar surface area (TPSA) is 32.3 Å². The van der Waals surface area contributed by atoms with Crippen molar-refractivity contribution < 1.29 is 13.6 Å². The third kappa shape index (κ3) is 4.42. The lowest BCUT2D eigenvalue weighted by atomic mass is 10.1. The molecule has 1 aromatic carbocycles. The van der Waals surface area contributed by atoms with Crippen LogP contribution in [0.15, 0.2) is 18.2 Å². The van der Waals surface area contributed by atoms with Crippen molar-refractivity contribution in [3.8, 4) is 0 Å². The molecular weight excluding hydrogens is 286 g/mol. The van der Waals surface area contributed by atoms with Gasteiger partial charge in [-0.3, -0.25) is 4.79 Å². The molecule has 1 fully saturated rings. The third-order valence-corrected chi connectivity index (χ3v) is 3.43. The van der Waals surface area contributed by atoms with E-state index in [1.165, 1.54) is 17.0 Å². The van der Waals surface area contributed by atoms with Gasteiger partial charge in [-0.1, -0.05) is 6.07 Å². The molecule has 1 unspecified atom stereocenters. The van der Waals surface area contributed by atoms with E-state index in [2.05, 4.69) is 5.32 Å². The molecule has 0 spiro atoms. The van der Waals surface area contributed by atoms with Crippen LogP contribution < -0.4 is 5.32 Å². The fourth-order valence-electron chi connectivity index (χ4n) is 2.29. The summed E-state index contributed by atoms with van der Waals surface area (Å²) in [4.78, 5) is 13.5. The van der Waals surface area contributed by atoms with Crippen LogP contribution in [0.25, 0.3) is 0 Å². The molecule has 1 aliphatic heterocycles. The summed E-state index contributed by atoms with van der Waals surface area (Å²) in [6, 6.07) is 3.65. The number of amides is 1. The van der Waals surface area contributed by atoms with Gasteiger partial charge in [0.1, 0.15) is 11.6 Å². The average Bonchev–Trinajstić information content (AvgIpc) is 2.85. The van der Waals surface area contributed by atoms with Crippen LogP contribution >= 0.6 is 12.4 Å². The molecule has 1 aromatic rings. The maximum Gasteiger partial charge on any atom is 0.224 e. The zero-order chi connectivity index (χ0) is 13.8. The molecule has 1 aliphatic rings. The molecule has 1 atom stereocenters. The quantitative estimate of drug-likeness (QED) is 0.927. The lowest BCUT2D eigenvalue weighted by Crippen LogP contribution is -2.33. The second kappa shape index (κ2) is 7.55. The van der Waals surface area contributed by atoms with E-state index in [0.717, 1.165) is 25.5 Å². The van der Waals surface area contributed by atoms with Crippen molar-refractivity contribution in [2.45, 2.75) is 31.8 Å². The van der Waals surface area contributed by atoms with Crippen LogP contribution in [-0.4, -0.2) is 30.4 Å². The van der Waals surface area contributed by atoms with Crippen molar-refractivity contribution in [2.75, 3.05) is 13.6 Å². The van der Waals surface area contributed by atoms with E-state index in [1.54, 1.807) is 7.05 Å². The van der Waals surface area contributed by atoms with Crippen LogP contribution in [0.3, 0.4) is 0 Å². The van der Waals surface area contributed by atoms with Crippen LogP contribution in [0, 0.1) is 11.6 Å². The lowest BCUT2D eigenvalue weighted by Gasteiger charge is -2.20. The summed E-state index contributed by atoms with van der Waals surface area (Å²) in [6.45, 7) is 1.12. The molecule has 2 rings (SSSR count). The van der Waals surface area contributed by atoms with E-state index in [0.29, 0.717) is 12.0 Å². The fourth-order valence-corrected chi connectivity index (χ4v) is 2.29. The van der Waals surface area contributed by atoms with Gasteiger partial charge in [0.2, 0.25) is 5.91 Å². The Morgan fingerprint density at radius 1 is 1.45 bits per heavy atom. The number of nitrogens with one attached hydrogen (secondary N) is 1. The molecule has 1 amide bonds. The van der Waals surface area contributed by atoms with E-state index in [1.807, 2.05) is 0 Å². The molecule has 0 saturated carbocycles. The molecule has 6 heteroatoms. The zero-order valence-electron chi connectivity index (χ0n) is 11.4. The number of halogens is 3. The van der Waals surface area contributed by atoms with Gasteiger partial charge in [0.15, 0.2) is 0 Å². The minimum atomic E-state index is -0.612. The molecular formula is C14H19ClF2N2O. The van der Waals surface area contributed by atoms with Gasteiger partial charge in [0.05, 0.1) is 0 Å². The molecule has 0 radical (unpaired) electrons. The normalized spacial score (nSPS) is 17.6. The molecule has 1 N–H and O–H groups in total. The third-order valence-electron chi connectivity index (χ3n) is 3.43. The van der Waals surface area contributed by atoms with Gasteiger partial charge >= 0.3 is 0 Å². The lowest BCUT2D eigenvalue weighted by molar-refractivity contribution is -0.130. The first-order valence-electron chi connectivity index (χ1n) is 6.47. The highest BCUT2D eigenvalue weighted by molar-refractivity contribution is 5.85. The largest absolute Gasteiger partial charge is 0.341 e. The molecule has 0 bridgehead atoms. The Bertz CT molecular complexity index is 464. The van der Waals surface area contributed by atoms with Crippen molar-refractivity contribution >= 4 is 18.3 Å². The van der Waals surface area contributed by atoms with Gasteiger partial charge in [-0.05, 0) is 25.5 Å². The Morgan fingerprint density at radius 2 is 2.20 bits per heavy atom. The molecule has 0 aromatic heterocycles. The smallest absolute Gasteiger partial charge is 0.224 e. The minimum absolute atomic E-state index is 0. The van der Waals surface area contributed by atoms with Crippen molar-refractivity contribution in [1.29, 1.82) is 0 Å². The van der Waals surface area contributed by atoms with Crippen molar-refractivity contribution in [3.05, 3.63) is 35.4 Å². The van der Waals surface area contributed by atoms with Gasteiger partial charge in [-0.15, -0.1) is 12.4 Å². The Kier molecular flexibility index (Phi) is 6.36. The molecule has 112 valence electrons. The zero-order valence-corrected chi connectivity index (χ0v) is 12.2. The number of benzene rings is 1. The highest BCUT2D eigenvalue weighted by Crippen LogP contribution is 2.14. The molecule has 20 heavy (non-hydrogen) atoms. The number of rotatable bonds is 4. The van der Waals surface area contributed by atoms with Crippen LogP contribution in [-0.2, 0) is 11.3 Å². The minimum Gasteiger partial charge on any atom is -0.341 e. The van der Waals surface area contributed by atoms with E-state index < -0.39 is 11.6 Å². The number of carbonyl (C=O) groups is 1. The highest BCUT2D eigenvalue weighted by atomic mass is 35.5. The van der Waals surface area contributed by atoms with Gasteiger partial charge in [-0.2, -0.15) is 0 Å². The first-order valence-corrected chi connectivity index (χ1v) is 6.47. The second-order valence-electron chi connectivity index (χ2n) is 4.98. The van der Waals surface area contributed by atoms with Gasteiger partial charge in [0, 0.05) is 37.7 Å². The van der Waals surface area contributed by atoms with Crippen molar-refractivity contribution in [2.24, 2.45) is 0 Å². The fraction of sp³-hybridized carbons (Fsp3) is 0.500. The summed E-state index contributed by atoms with van der Waals surface area (Å²) < 4.78 is 26.3. The Hall–Kier alpha value is -1.20. The molecule has 0 aliphatic carbocycles. The summed E-state index contributed by atoms with van der Waals surface area (Å²) in [5, 5.41) is 3.25. The summed E-state index contributed by atoms with van der Waals surface area (Å²) >= 11 is 0. The van der Waals surface area contributed by atoms with Crippen LogP contribution in [0.4, 0.5) is 8.78 Å². The van der Waals surface area contributed by atoms with E-state index in [9.17, 15) is 13.6 Å². The summed E-state index contributed by atoms with van der Waals surface area (Å²) in [5.41, 5.74) is 0.330. The van der Waals surface area contributed by atoms with E-state index >= 15 is 0 Å². The Morgan fingerprint density at radius 3 is 2.80 bits per heavy atom. The van der Waals surface area contributed by atoms with E-state index in [4.69, 9.17) is 0 Å². The Balaban J connectivity index is 0.00000200. The van der Waals surface area contributed by atoms with Crippen LogP contribution in [0.2, 0.25) is 0 Å². The van der Waals surface area contributed by atoms with Crippen molar-refractivity contribution in [1.82, 2.24) is 10.2 Å². The number of hydrogen-bond donors (Lipinski definition) is 1. The van der Waals surface area contributed by atoms with E-state index in [-0.39, 0.29) is 30.9 Å². The number of carbonyl (C=O) groups excluding carboxylic acids is 1. The SMILES string of the molecule is CN(Cc1ccc(F)cc1F)C(=O)CC1CCCN1.Cl. The van der Waals surface area contributed by atoms with Crippen molar-refractivity contribution in [3.63, 3.8) is 0 Å². The van der Waals surface area contributed by atoms with Gasteiger partial charge < -0.3 is 10.2 Å². The Labute approximate surface area is 123 Å². The summed E-state index contributed by atoms with van der Waals surface area (Å²) in [7, 11) is 1.64.